The van der Waals surface area contributed by atoms with Crippen molar-refractivity contribution in [3.63, 3.8) is 0 Å². The Hall–Kier alpha value is -1.63. The molecular formula is C11H13N4O2+. The average Bonchev–Trinajstić information content (AvgIpc) is 2.63. The highest BCUT2D eigenvalue weighted by Crippen LogP contribution is 2.82. The molecule has 3 aliphatic rings. The topological polar surface area (TPSA) is 106 Å². The lowest BCUT2D eigenvalue weighted by Crippen LogP contribution is -2.90. The van der Waals surface area contributed by atoms with Gasteiger partial charge in [-0.25, -0.2) is 4.99 Å². The summed E-state index contributed by atoms with van der Waals surface area (Å²) in [4.78, 5) is 2.87. The number of rotatable bonds is 0. The van der Waals surface area contributed by atoms with Crippen LogP contribution in [0.5, 0.6) is 0 Å². The van der Waals surface area contributed by atoms with Gasteiger partial charge in [0.1, 0.15) is 0 Å². The van der Waals surface area contributed by atoms with Crippen LogP contribution >= 0.6 is 0 Å². The van der Waals surface area contributed by atoms with E-state index in [1.165, 1.54) is 0 Å². The Morgan fingerprint density at radius 3 is 2.24 bits per heavy atom. The van der Waals surface area contributed by atoms with Crippen LogP contribution < -0.4 is 10.7 Å². The first-order valence-corrected chi connectivity index (χ1v) is 5.47. The highest BCUT2D eigenvalue weighted by molar-refractivity contribution is 5.94. The van der Waals surface area contributed by atoms with Crippen molar-refractivity contribution in [3.05, 3.63) is 0 Å². The van der Waals surface area contributed by atoms with Crippen LogP contribution in [0.1, 0.15) is 13.8 Å². The maximum atomic E-state index is 9.57. The highest BCUT2D eigenvalue weighted by Gasteiger charge is 3.01. The van der Waals surface area contributed by atoms with Crippen molar-refractivity contribution in [2.24, 2.45) is 22.0 Å². The largest absolute Gasteiger partial charge is 0.343 e. The van der Waals surface area contributed by atoms with Gasteiger partial charge in [-0.15, -0.1) is 0 Å². The van der Waals surface area contributed by atoms with Crippen LogP contribution in [0.15, 0.2) is 0 Å². The predicted octanol–water partition coefficient (Wildman–Crippen LogP) is -1.80. The fraction of sp³-hybridized carbons (Fsp3) is 0.727. The molecule has 1 aliphatic carbocycles. The Kier molecular flexibility index (Phi) is 1.52. The van der Waals surface area contributed by atoms with Gasteiger partial charge >= 0.3 is 5.91 Å². The van der Waals surface area contributed by atoms with E-state index in [-0.39, 0.29) is 5.84 Å². The van der Waals surface area contributed by atoms with E-state index in [0.717, 1.165) is 0 Å². The molecule has 1 saturated carbocycles. The van der Waals surface area contributed by atoms with Gasteiger partial charge in [0.2, 0.25) is 0 Å². The second kappa shape index (κ2) is 2.45. The molecule has 0 amide bonds. The minimum absolute atomic E-state index is 0.272. The zero-order valence-electron chi connectivity index (χ0n) is 9.70. The van der Waals surface area contributed by atoms with Crippen molar-refractivity contribution >= 4 is 5.84 Å². The molecule has 2 atom stereocenters. The molecule has 0 aromatic heterocycles. The number of ether oxygens (including phenoxy) is 2. The molecule has 1 spiro atoms. The van der Waals surface area contributed by atoms with E-state index in [1.54, 1.807) is 0 Å². The van der Waals surface area contributed by atoms with Crippen molar-refractivity contribution in [2.45, 2.75) is 19.8 Å². The number of nitrogens with one attached hydrogen (secondary N) is 1. The van der Waals surface area contributed by atoms with Crippen LogP contribution in [-0.4, -0.2) is 25.0 Å². The molecule has 0 radical (unpaired) electrons. The lowest BCUT2D eigenvalue weighted by Gasteiger charge is -2.25. The Labute approximate surface area is 98.6 Å². The van der Waals surface area contributed by atoms with Gasteiger partial charge in [-0.05, 0) is 0 Å². The van der Waals surface area contributed by atoms with E-state index in [0.29, 0.717) is 13.2 Å². The highest BCUT2D eigenvalue weighted by atomic mass is 16.8. The van der Waals surface area contributed by atoms with E-state index in [1.807, 2.05) is 13.8 Å². The SMILES string of the molecule is CC1(C)[C@]2(C#N)C3([NH+]=C(N)[C@]12C#N)OCCO3. The molecule has 3 N–H and O–H groups in total. The summed E-state index contributed by atoms with van der Waals surface area (Å²) < 4.78 is 11.1. The standard InChI is InChI=1S/C11H12N4O2/c1-8(2)9(5-12)7(14)15-11(10(8,9)6-13)16-3-4-17-11/h3-4H2,1-2H3,(H2,14,15)/p+1/t9-,10+/m1/s1. The van der Waals surface area contributed by atoms with Gasteiger partial charge in [-0.3, -0.25) is 5.73 Å². The van der Waals surface area contributed by atoms with Crippen LogP contribution in [0.3, 0.4) is 0 Å². The third kappa shape index (κ3) is 0.645. The van der Waals surface area contributed by atoms with Crippen molar-refractivity contribution < 1.29 is 14.5 Å². The number of hydrogen-bond donors (Lipinski definition) is 2. The normalized spacial score (nSPS) is 43.6. The van der Waals surface area contributed by atoms with E-state index < -0.39 is 22.2 Å². The summed E-state index contributed by atoms with van der Waals surface area (Å²) >= 11 is 0. The molecule has 88 valence electrons. The summed E-state index contributed by atoms with van der Waals surface area (Å²) in [6.45, 7) is 4.47. The number of amidine groups is 1. The lowest BCUT2D eigenvalue weighted by molar-refractivity contribution is -0.678. The predicted molar refractivity (Wildman–Crippen MR) is 54.7 cm³/mol. The van der Waals surface area contributed by atoms with Gasteiger partial charge in [-0.2, -0.15) is 10.5 Å². The third-order valence-electron chi connectivity index (χ3n) is 4.60. The van der Waals surface area contributed by atoms with Gasteiger partial charge in [0.15, 0.2) is 10.8 Å². The number of nitriles is 2. The van der Waals surface area contributed by atoms with Gasteiger partial charge in [0.05, 0.1) is 25.4 Å². The molecule has 2 heterocycles. The minimum Gasteiger partial charge on any atom is -0.311 e. The lowest BCUT2D eigenvalue weighted by atomic mass is 9.93. The first kappa shape index (κ1) is 10.5. The van der Waals surface area contributed by atoms with Crippen molar-refractivity contribution in [3.8, 4) is 12.1 Å². The molecule has 6 nitrogen and oxygen atoms in total. The first-order valence-electron chi connectivity index (χ1n) is 5.47. The smallest absolute Gasteiger partial charge is 0.311 e. The molecular weight excluding hydrogens is 220 g/mol. The summed E-state index contributed by atoms with van der Waals surface area (Å²) in [5.74, 6) is -0.987. The molecule has 2 fully saturated rings. The fourth-order valence-electron chi connectivity index (χ4n) is 3.72. The quantitative estimate of drug-likeness (QED) is 0.513. The van der Waals surface area contributed by atoms with Gasteiger partial charge in [0, 0.05) is 5.41 Å². The molecule has 2 aliphatic heterocycles. The fourth-order valence-corrected chi connectivity index (χ4v) is 3.72. The number of nitrogens with zero attached hydrogens (tertiary/aromatic N) is 2. The summed E-state index contributed by atoms with van der Waals surface area (Å²) in [5.41, 5.74) is 3.21. The zero-order chi connectivity index (χ0) is 12.5. The minimum atomic E-state index is -1.26. The molecule has 17 heavy (non-hydrogen) atoms. The van der Waals surface area contributed by atoms with Crippen LogP contribution in [0.4, 0.5) is 0 Å². The maximum Gasteiger partial charge on any atom is 0.343 e. The third-order valence-corrected chi connectivity index (χ3v) is 4.60. The monoisotopic (exact) mass is 233 g/mol. The second-order valence-corrected chi connectivity index (χ2v) is 5.20. The van der Waals surface area contributed by atoms with Crippen LogP contribution in [0.25, 0.3) is 0 Å². The molecule has 3 rings (SSSR count). The molecule has 1 saturated heterocycles. The number of hydrogen-bond acceptors (Lipinski definition) is 5. The Bertz CT molecular complexity index is 521. The summed E-state index contributed by atoms with van der Waals surface area (Å²) in [6, 6.07) is 4.41. The maximum absolute atomic E-state index is 9.57. The summed E-state index contributed by atoms with van der Waals surface area (Å²) in [7, 11) is 0. The van der Waals surface area contributed by atoms with Gasteiger partial charge in [0.25, 0.3) is 5.84 Å². The number of nitrogens with two attached hydrogens (primary N) is 1. The molecule has 0 bridgehead atoms. The molecule has 0 unspecified atom stereocenters. The van der Waals surface area contributed by atoms with Crippen LogP contribution in [0.2, 0.25) is 0 Å². The van der Waals surface area contributed by atoms with Gasteiger partial charge in [-0.1, -0.05) is 13.8 Å². The summed E-state index contributed by atoms with van der Waals surface area (Å²) in [5, 5.41) is 19.0. The van der Waals surface area contributed by atoms with E-state index in [4.69, 9.17) is 15.2 Å². The first-order chi connectivity index (χ1) is 7.96. The van der Waals surface area contributed by atoms with Crippen molar-refractivity contribution in [1.82, 2.24) is 0 Å². The Morgan fingerprint density at radius 2 is 1.82 bits per heavy atom. The van der Waals surface area contributed by atoms with E-state index in [9.17, 15) is 10.5 Å². The van der Waals surface area contributed by atoms with Crippen molar-refractivity contribution in [1.29, 1.82) is 10.5 Å². The van der Waals surface area contributed by atoms with Crippen molar-refractivity contribution in [2.75, 3.05) is 13.2 Å². The molecule has 6 heteroatoms. The van der Waals surface area contributed by atoms with Crippen LogP contribution in [-0.2, 0) is 9.47 Å². The van der Waals surface area contributed by atoms with Crippen LogP contribution in [0, 0.1) is 38.9 Å². The number of fused-ring (bicyclic) bond motifs is 2. The van der Waals surface area contributed by atoms with E-state index in [2.05, 4.69) is 17.1 Å². The average molecular weight is 233 g/mol. The summed E-state index contributed by atoms with van der Waals surface area (Å²) in [6.07, 6.45) is 0. The molecule has 0 aromatic rings. The second-order valence-electron chi connectivity index (χ2n) is 5.20. The zero-order valence-corrected chi connectivity index (χ0v) is 9.70. The van der Waals surface area contributed by atoms with E-state index >= 15 is 0 Å². The Morgan fingerprint density at radius 1 is 1.24 bits per heavy atom. The van der Waals surface area contributed by atoms with Gasteiger partial charge < -0.3 is 9.47 Å². The Balaban J connectivity index is 2.28. The molecule has 0 aromatic carbocycles.